The fourth-order valence-corrected chi connectivity index (χ4v) is 2.89. The van der Waals surface area contributed by atoms with Crippen molar-refractivity contribution in [2.45, 2.75) is 13.8 Å². The maximum atomic E-state index is 3.54. The average Bonchev–Trinajstić information content (AvgIpc) is 2.35. The van der Waals surface area contributed by atoms with Crippen LogP contribution < -0.4 is 0 Å². The molecule has 1 aromatic carbocycles. The maximum Gasteiger partial charge on any atom is 0.0361 e. The SMILES string of the molecule is Cc1cc2scc(Br)c2cc1C. The van der Waals surface area contributed by atoms with Gasteiger partial charge >= 0.3 is 0 Å². The first-order chi connectivity index (χ1) is 5.68. The minimum atomic E-state index is 1.21. The Hall–Kier alpha value is -0.340. The van der Waals surface area contributed by atoms with Crippen LogP contribution in [0.4, 0.5) is 0 Å². The predicted octanol–water partition coefficient (Wildman–Crippen LogP) is 4.28. The van der Waals surface area contributed by atoms with Crippen LogP contribution in [-0.2, 0) is 0 Å². The van der Waals surface area contributed by atoms with Crippen LogP contribution in [0.3, 0.4) is 0 Å². The molecule has 0 saturated carbocycles. The molecule has 12 heavy (non-hydrogen) atoms. The van der Waals surface area contributed by atoms with Gasteiger partial charge in [-0.3, -0.25) is 0 Å². The third kappa shape index (κ3) is 1.19. The van der Waals surface area contributed by atoms with E-state index in [9.17, 15) is 0 Å². The number of thiophene rings is 1. The van der Waals surface area contributed by atoms with Gasteiger partial charge in [0, 0.05) is 19.9 Å². The van der Waals surface area contributed by atoms with Crippen molar-refractivity contribution < 1.29 is 0 Å². The van der Waals surface area contributed by atoms with Gasteiger partial charge in [0.25, 0.3) is 0 Å². The van der Waals surface area contributed by atoms with Crippen molar-refractivity contribution in [2.75, 3.05) is 0 Å². The molecule has 0 spiro atoms. The molecule has 2 heteroatoms. The Morgan fingerprint density at radius 1 is 1.17 bits per heavy atom. The van der Waals surface area contributed by atoms with Crippen LogP contribution in [0.5, 0.6) is 0 Å². The highest BCUT2D eigenvalue weighted by Crippen LogP contribution is 2.31. The molecule has 0 radical (unpaired) electrons. The van der Waals surface area contributed by atoms with Gasteiger partial charge in [-0.2, -0.15) is 0 Å². The highest BCUT2D eigenvalue weighted by Gasteiger charge is 2.02. The minimum absolute atomic E-state index is 1.21. The van der Waals surface area contributed by atoms with Gasteiger partial charge in [0.15, 0.2) is 0 Å². The molecule has 0 unspecified atom stereocenters. The van der Waals surface area contributed by atoms with Crippen molar-refractivity contribution in [2.24, 2.45) is 0 Å². The van der Waals surface area contributed by atoms with E-state index in [1.165, 1.54) is 25.7 Å². The molecule has 0 aliphatic carbocycles. The van der Waals surface area contributed by atoms with Crippen LogP contribution in [0.25, 0.3) is 10.1 Å². The van der Waals surface area contributed by atoms with E-state index in [0.717, 1.165) is 0 Å². The van der Waals surface area contributed by atoms with Gasteiger partial charge in [0.05, 0.1) is 0 Å². The summed E-state index contributed by atoms with van der Waals surface area (Å²) in [6.45, 7) is 4.31. The van der Waals surface area contributed by atoms with Crippen molar-refractivity contribution in [3.05, 3.63) is 33.1 Å². The van der Waals surface area contributed by atoms with Gasteiger partial charge in [-0.15, -0.1) is 11.3 Å². The van der Waals surface area contributed by atoms with E-state index < -0.39 is 0 Å². The van der Waals surface area contributed by atoms with E-state index >= 15 is 0 Å². The first-order valence-corrected chi connectivity index (χ1v) is 5.49. The summed E-state index contributed by atoms with van der Waals surface area (Å²) in [5.41, 5.74) is 2.73. The second-order valence-electron chi connectivity index (χ2n) is 3.02. The van der Waals surface area contributed by atoms with Crippen molar-refractivity contribution >= 4 is 37.4 Å². The standard InChI is InChI=1S/C10H9BrS/c1-6-3-8-9(11)5-12-10(8)4-7(6)2/h3-5H,1-2H3. The van der Waals surface area contributed by atoms with Gasteiger partial charge in [0.1, 0.15) is 0 Å². The molecule has 1 aromatic heterocycles. The Labute approximate surface area is 84.4 Å². The number of halogens is 1. The summed E-state index contributed by atoms with van der Waals surface area (Å²) in [6, 6.07) is 4.49. The molecule has 0 atom stereocenters. The topological polar surface area (TPSA) is 0 Å². The summed E-state index contributed by atoms with van der Waals surface area (Å²) >= 11 is 5.33. The first-order valence-electron chi connectivity index (χ1n) is 3.82. The summed E-state index contributed by atoms with van der Waals surface area (Å²) in [6.07, 6.45) is 0. The minimum Gasteiger partial charge on any atom is -0.143 e. The quantitative estimate of drug-likeness (QED) is 0.645. The third-order valence-corrected chi connectivity index (χ3v) is 4.05. The monoisotopic (exact) mass is 240 g/mol. The molecule has 62 valence electrons. The zero-order valence-corrected chi connectivity index (χ0v) is 9.42. The van der Waals surface area contributed by atoms with Crippen molar-refractivity contribution in [3.63, 3.8) is 0 Å². The smallest absolute Gasteiger partial charge is 0.0361 e. The molecule has 0 aliphatic rings. The van der Waals surface area contributed by atoms with E-state index in [1.807, 2.05) is 0 Å². The molecule has 0 nitrogen and oxygen atoms in total. The zero-order chi connectivity index (χ0) is 8.72. The van der Waals surface area contributed by atoms with Crippen molar-refractivity contribution in [1.82, 2.24) is 0 Å². The van der Waals surface area contributed by atoms with E-state index in [0.29, 0.717) is 0 Å². The lowest BCUT2D eigenvalue weighted by Crippen LogP contribution is -1.78. The van der Waals surface area contributed by atoms with Crippen molar-refractivity contribution in [3.8, 4) is 0 Å². The Kier molecular flexibility index (Phi) is 1.97. The number of hydrogen-bond acceptors (Lipinski definition) is 1. The summed E-state index contributed by atoms with van der Waals surface area (Å²) in [5.74, 6) is 0. The summed E-state index contributed by atoms with van der Waals surface area (Å²) in [5, 5.41) is 3.48. The summed E-state index contributed by atoms with van der Waals surface area (Å²) in [4.78, 5) is 0. The molecule has 2 rings (SSSR count). The first kappa shape index (κ1) is 8.27. The summed E-state index contributed by atoms with van der Waals surface area (Å²) < 4.78 is 2.58. The van der Waals surface area contributed by atoms with E-state index in [-0.39, 0.29) is 0 Å². The van der Waals surface area contributed by atoms with Crippen LogP contribution in [0, 0.1) is 13.8 Å². The Balaban J connectivity index is 2.87. The molecule has 1 heterocycles. The largest absolute Gasteiger partial charge is 0.143 e. The van der Waals surface area contributed by atoms with Crippen LogP contribution in [0.2, 0.25) is 0 Å². The molecular formula is C10H9BrS. The van der Waals surface area contributed by atoms with Gasteiger partial charge in [0.2, 0.25) is 0 Å². The van der Waals surface area contributed by atoms with Crippen LogP contribution in [-0.4, -0.2) is 0 Å². The number of benzene rings is 1. The number of fused-ring (bicyclic) bond motifs is 1. The molecule has 0 bridgehead atoms. The van der Waals surface area contributed by atoms with E-state index in [1.54, 1.807) is 11.3 Å². The fraction of sp³-hybridized carbons (Fsp3) is 0.200. The lowest BCUT2D eigenvalue weighted by Gasteiger charge is -1.99. The predicted molar refractivity (Wildman–Crippen MR) is 59.0 cm³/mol. The third-order valence-electron chi connectivity index (χ3n) is 2.14. The molecular weight excluding hydrogens is 232 g/mol. The molecule has 2 aromatic rings. The van der Waals surface area contributed by atoms with E-state index in [2.05, 4.69) is 47.3 Å². The average molecular weight is 241 g/mol. The Morgan fingerprint density at radius 2 is 1.83 bits per heavy atom. The Bertz CT molecular complexity index is 429. The van der Waals surface area contributed by atoms with Gasteiger partial charge in [-0.05, 0) is 53.0 Å². The second-order valence-corrected chi connectivity index (χ2v) is 4.78. The molecule has 0 saturated heterocycles. The maximum absolute atomic E-state index is 3.54. The van der Waals surface area contributed by atoms with Crippen LogP contribution in [0.15, 0.2) is 22.0 Å². The van der Waals surface area contributed by atoms with Crippen LogP contribution in [0.1, 0.15) is 11.1 Å². The number of hydrogen-bond donors (Lipinski definition) is 0. The lowest BCUT2D eigenvalue weighted by molar-refractivity contribution is 1.37. The second kappa shape index (κ2) is 2.86. The molecule has 0 aliphatic heterocycles. The summed E-state index contributed by atoms with van der Waals surface area (Å²) in [7, 11) is 0. The Morgan fingerprint density at radius 3 is 2.58 bits per heavy atom. The van der Waals surface area contributed by atoms with Crippen molar-refractivity contribution in [1.29, 1.82) is 0 Å². The van der Waals surface area contributed by atoms with Gasteiger partial charge in [-0.25, -0.2) is 0 Å². The normalized spacial score (nSPS) is 10.9. The zero-order valence-electron chi connectivity index (χ0n) is 7.02. The number of aryl methyl sites for hydroxylation is 2. The highest BCUT2D eigenvalue weighted by atomic mass is 79.9. The van der Waals surface area contributed by atoms with Crippen LogP contribution >= 0.6 is 27.3 Å². The van der Waals surface area contributed by atoms with Gasteiger partial charge < -0.3 is 0 Å². The molecule has 0 fully saturated rings. The molecule has 0 amide bonds. The van der Waals surface area contributed by atoms with Gasteiger partial charge in [-0.1, -0.05) is 0 Å². The highest BCUT2D eigenvalue weighted by molar-refractivity contribution is 9.10. The lowest BCUT2D eigenvalue weighted by atomic mass is 10.1. The fourth-order valence-electron chi connectivity index (χ4n) is 1.25. The van der Waals surface area contributed by atoms with E-state index in [4.69, 9.17) is 0 Å². The number of rotatable bonds is 0. The molecule has 0 N–H and O–H groups in total.